The molecule has 0 aliphatic carbocycles. The van der Waals surface area contributed by atoms with E-state index < -0.39 is 0 Å². The summed E-state index contributed by atoms with van der Waals surface area (Å²) in [7, 11) is 0. The average Bonchev–Trinajstić information content (AvgIpc) is 3.17. The Hall–Kier alpha value is -2.93. The van der Waals surface area contributed by atoms with Gasteiger partial charge < -0.3 is 29.9 Å². The number of carbonyl (C=O) groups is 1. The highest BCUT2D eigenvalue weighted by atomic mass is 16.7. The molecule has 0 spiro atoms. The van der Waals surface area contributed by atoms with Crippen molar-refractivity contribution in [2.75, 3.05) is 55.1 Å². The molecule has 0 aromatic heterocycles. The maximum absolute atomic E-state index is 12.4. The van der Waals surface area contributed by atoms with E-state index in [9.17, 15) is 4.79 Å². The summed E-state index contributed by atoms with van der Waals surface area (Å²) in [6, 6.07) is 11.2. The molecule has 0 radical (unpaired) electrons. The molecular formula is C21H26N4O3. The molecule has 0 atom stereocenters. The van der Waals surface area contributed by atoms with Crippen molar-refractivity contribution in [3.8, 4) is 11.5 Å². The summed E-state index contributed by atoms with van der Waals surface area (Å²) in [5.41, 5.74) is 3.70. The summed E-state index contributed by atoms with van der Waals surface area (Å²) in [6.45, 7) is 9.78. The lowest BCUT2D eigenvalue weighted by Crippen LogP contribution is -2.46. The average molecular weight is 382 g/mol. The van der Waals surface area contributed by atoms with Crippen LogP contribution in [0.1, 0.15) is 12.5 Å². The van der Waals surface area contributed by atoms with E-state index in [0.717, 1.165) is 44.0 Å². The Morgan fingerprint density at radius 3 is 2.54 bits per heavy atom. The largest absolute Gasteiger partial charge is 0.454 e. The Labute approximate surface area is 165 Å². The Balaban J connectivity index is 1.37. The normalized spacial score (nSPS) is 16.1. The molecular weight excluding hydrogens is 356 g/mol. The fraction of sp³-hybridized carbons (Fsp3) is 0.381. The van der Waals surface area contributed by atoms with Crippen LogP contribution in [0.3, 0.4) is 0 Å². The van der Waals surface area contributed by atoms with Crippen molar-refractivity contribution in [1.82, 2.24) is 4.90 Å². The second-order valence-electron chi connectivity index (χ2n) is 7.07. The van der Waals surface area contributed by atoms with Crippen LogP contribution in [-0.4, -0.2) is 50.4 Å². The zero-order valence-corrected chi connectivity index (χ0v) is 16.3. The van der Waals surface area contributed by atoms with Crippen LogP contribution in [0, 0.1) is 6.92 Å². The number of fused-ring (bicyclic) bond motifs is 1. The van der Waals surface area contributed by atoms with E-state index in [1.165, 1.54) is 5.69 Å². The van der Waals surface area contributed by atoms with Crippen LogP contribution in [0.5, 0.6) is 11.5 Å². The fourth-order valence-electron chi connectivity index (χ4n) is 3.57. The van der Waals surface area contributed by atoms with Gasteiger partial charge in [0.1, 0.15) is 0 Å². The van der Waals surface area contributed by atoms with Crippen LogP contribution >= 0.6 is 0 Å². The summed E-state index contributed by atoms with van der Waals surface area (Å²) in [4.78, 5) is 17.2. The number of anilines is 3. The van der Waals surface area contributed by atoms with Crippen molar-refractivity contribution < 1.29 is 14.3 Å². The highest BCUT2D eigenvalue weighted by Crippen LogP contribution is 2.34. The summed E-state index contributed by atoms with van der Waals surface area (Å²) in [5.74, 6) is 1.33. The number of rotatable bonds is 4. The van der Waals surface area contributed by atoms with Gasteiger partial charge in [0.15, 0.2) is 11.5 Å². The van der Waals surface area contributed by atoms with E-state index in [1.807, 2.05) is 13.0 Å². The minimum atomic E-state index is -0.286. The SMILES string of the molecule is CCN1CCN(c2ccc(NC(=O)Nc3ccc4c(c3)OCO4)c(C)c2)CC1. The number of aryl methyl sites for hydroxylation is 1. The predicted octanol–water partition coefficient (Wildman–Crippen LogP) is 3.51. The second kappa shape index (κ2) is 7.98. The first kappa shape index (κ1) is 18.4. The molecule has 1 saturated heterocycles. The predicted molar refractivity (Wildman–Crippen MR) is 111 cm³/mol. The number of piperazine rings is 1. The number of ether oxygens (including phenoxy) is 2. The van der Waals surface area contributed by atoms with Crippen molar-refractivity contribution >= 4 is 23.1 Å². The smallest absolute Gasteiger partial charge is 0.323 e. The topological polar surface area (TPSA) is 66.1 Å². The molecule has 2 N–H and O–H groups in total. The number of nitrogens with one attached hydrogen (secondary N) is 2. The number of amides is 2. The van der Waals surface area contributed by atoms with Crippen LogP contribution in [0.2, 0.25) is 0 Å². The van der Waals surface area contributed by atoms with E-state index in [4.69, 9.17) is 9.47 Å². The Morgan fingerprint density at radius 1 is 1.00 bits per heavy atom. The van der Waals surface area contributed by atoms with Gasteiger partial charge in [-0.05, 0) is 49.4 Å². The van der Waals surface area contributed by atoms with Gasteiger partial charge in [0, 0.05) is 49.3 Å². The number of carbonyl (C=O) groups excluding carboxylic acids is 1. The Kier molecular flexibility index (Phi) is 5.25. The second-order valence-corrected chi connectivity index (χ2v) is 7.07. The molecule has 0 bridgehead atoms. The van der Waals surface area contributed by atoms with Crippen molar-refractivity contribution in [2.24, 2.45) is 0 Å². The minimum absolute atomic E-state index is 0.212. The van der Waals surface area contributed by atoms with Gasteiger partial charge in [0.05, 0.1) is 0 Å². The molecule has 148 valence electrons. The molecule has 4 rings (SSSR count). The van der Waals surface area contributed by atoms with E-state index in [-0.39, 0.29) is 12.8 Å². The van der Waals surface area contributed by atoms with Crippen molar-refractivity contribution in [2.45, 2.75) is 13.8 Å². The first-order valence-corrected chi connectivity index (χ1v) is 9.68. The van der Waals surface area contributed by atoms with Gasteiger partial charge in [0.25, 0.3) is 0 Å². The number of hydrogen-bond donors (Lipinski definition) is 2. The maximum atomic E-state index is 12.4. The Bertz CT molecular complexity index is 863. The van der Waals surface area contributed by atoms with Gasteiger partial charge in [-0.3, -0.25) is 0 Å². The van der Waals surface area contributed by atoms with E-state index >= 15 is 0 Å². The molecule has 2 heterocycles. The third kappa shape index (κ3) is 3.99. The molecule has 2 aliphatic heterocycles. The molecule has 7 nitrogen and oxygen atoms in total. The first-order valence-electron chi connectivity index (χ1n) is 9.68. The summed E-state index contributed by atoms with van der Waals surface area (Å²) >= 11 is 0. The number of nitrogens with zero attached hydrogens (tertiary/aromatic N) is 2. The van der Waals surface area contributed by atoms with Crippen LogP contribution in [0.4, 0.5) is 21.9 Å². The molecule has 1 fully saturated rings. The van der Waals surface area contributed by atoms with Crippen LogP contribution in [0.25, 0.3) is 0 Å². The molecule has 0 unspecified atom stereocenters. The number of likely N-dealkylation sites (N-methyl/N-ethyl adjacent to an activating group) is 1. The van der Waals surface area contributed by atoms with Crippen molar-refractivity contribution in [3.05, 3.63) is 42.0 Å². The summed E-state index contributed by atoms with van der Waals surface area (Å²) in [5, 5.41) is 5.76. The molecule has 2 amide bonds. The number of benzene rings is 2. The number of hydrogen-bond acceptors (Lipinski definition) is 5. The van der Waals surface area contributed by atoms with E-state index in [0.29, 0.717) is 17.2 Å². The summed E-state index contributed by atoms with van der Waals surface area (Å²) in [6.07, 6.45) is 0. The molecule has 0 saturated carbocycles. The van der Waals surface area contributed by atoms with Crippen molar-refractivity contribution in [1.29, 1.82) is 0 Å². The van der Waals surface area contributed by atoms with Gasteiger partial charge >= 0.3 is 6.03 Å². The standard InChI is InChI=1S/C21H26N4O3/c1-3-24-8-10-25(11-9-24)17-5-6-18(15(2)12-17)23-21(26)22-16-4-7-19-20(13-16)28-14-27-19/h4-7,12-13H,3,8-11,14H2,1-2H3,(H2,22,23,26). The van der Waals surface area contributed by atoms with Gasteiger partial charge in [-0.2, -0.15) is 0 Å². The third-order valence-corrected chi connectivity index (χ3v) is 5.27. The van der Waals surface area contributed by atoms with Gasteiger partial charge in [-0.25, -0.2) is 4.79 Å². The van der Waals surface area contributed by atoms with E-state index in [1.54, 1.807) is 18.2 Å². The molecule has 2 aromatic carbocycles. The molecule has 7 heteroatoms. The van der Waals surface area contributed by atoms with Crippen LogP contribution < -0.4 is 25.0 Å². The zero-order chi connectivity index (χ0) is 19.5. The molecule has 2 aromatic rings. The lowest BCUT2D eigenvalue weighted by molar-refractivity contribution is 0.174. The lowest BCUT2D eigenvalue weighted by atomic mass is 10.1. The molecule has 28 heavy (non-hydrogen) atoms. The van der Waals surface area contributed by atoms with Crippen LogP contribution in [-0.2, 0) is 0 Å². The monoisotopic (exact) mass is 382 g/mol. The first-order chi connectivity index (χ1) is 13.6. The lowest BCUT2D eigenvalue weighted by Gasteiger charge is -2.35. The van der Waals surface area contributed by atoms with Gasteiger partial charge in [0.2, 0.25) is 6.79 Å². The fourth-order valence-corrected chi connectivity index (χ4v) is 3.57. The van der Waals surface area contributed by atoms with E-state index in [2.05, 4.69) is 39.5 Å². The third-order valence-electron chi connectivity index (χ3n) is 5.27. The van der Waals surface area contributed by atoms with Gasteiger partial charge in [-0.15, -0.1) is 0 Å². The highest BCUT2D eigenvalue weighted by Gasteiger charge is 2.17. The van der Waals surface area contributed by atoms with Gasteiger partial charge in [-0.1, -0.05) is 6.92 Å². The summed E-state index contributed by atoms with van der Waals surface area (Å²) < 4.78 is 10.6. The quantitative estimate of drug-likeness (QED) is 0.847. The minimum Gasteiger partial charge on any atom is -0.454 e. The maximum Gasteiger partial charge on any atom is 0.323 e. The Morgan fingerprint density at radius 2 is 1.79 bits per heavy atom. The highest BCUT2D eigenvalue weighted by molar-refractivity contribution is 6.00. The number of urea groups is 1. The molecule has 2 aliphatic rings. The zero-order valence-electron chi connectivity index (χ0n) is 16.3. The van der Waals surface area contributed by atoms with Crippen LogP contribution in [0.15, 0.2) is 36.4 Å². The van der Waals surface area contributed by atoms with Crippen molar-refractivity contribution in [3.63, 3.8) is 0 Å².